The molecule has 23 heavy (non-hydrogen) atoms. The molecule has 2 aromatic carbocycles. The van der Waals surface area contributed by atoms with E-state index in [1.165, 1.54) is 0 Å². The first-order valence-electron chi connectivity index (χ1n) is 7.36. The summed E-state index contributed by atoms with van der Waals surface area (Å²) >= 11 is 3.50. The Kier molecular flexibility index (Phi) is 5.99. The van der Waals surface area contributed by atoms with Crippen LogP contribution in [-0.4, -0.2) is 20.1 Å². The number of hydrogen-bond donors (Lipinski definition) is 0. The molecular weight excluding hydrogens is 354 g/mol. The predicted octanol–water partition coefficient (Wildman–Crippen LogP) is 4.78. The fraction of sp³-hybridized carbons (Fsp3) is 0.211. The zero-order chi connectivity index (χ0) is 16.8. The molecule has 0 saturated heterocycles. The summed E-state index contributed by atoms with van der Waals surface area (Å²) in [5.41, 5.74) is 1.71. The summed E-state index contributed by atoms with van der Waals surface area (Å²) in [6, 6.07) is 15.3. The van der Waals surface area contributed by atoms with Crippen LogP contribution >= 0.6 is 15.9 Å². The van der Waals surface area contributed by atoms with Crippen LogP contribution in [0.2, 0.25) is 0 Å². The summed E-state index contributed by atoms with van der Waals surface area (Å²) in [4.78, 5) is 14.7. The van der Waals surface area contributed by atoms with Crippen molar-refractivity contribution in [2.45, 2.75) is 12.3 Å². The van der Waals surface area contributed by atoms with Crippen LogP contribution in [0.1, 0.15) is 17.9 Å². The number of carbonyl (C=O) groups is 1. The highest BCUT2D eigenvalue weighted by atomic mass is 79.9. The number of rotatable bonds is 6. The van der Waals surface area contributed by atoms with Gasteiger partial charge in [-0.05, 0) is 40.5 Å². The Balaban J connectivity index is 2.39. The molecule has 0 aliphatic heterocycles. The van der Waals surface area contributed by atoms with Gasteiger partial charge < -0.3 is 9.64 Å². The highest BCUT2D eigenvalue weighted by Gasteiger charge is 2.26. The molecule has 1 amide bonds. The highest BCUT2D eigenvalue weighted by Crippen LogP contribution is 2.33. The standard InChI is InChI=1S/C19H20BrNO2/c1-4-9-15(14-10-5-8-13-18(14)23-3)19(22)21(2)17-12-7-6-11-16(17)20/h4-8,10-13,15H,1,9H2,2-3H3. The number of carbonyl (C=O) groups excluding carboxylic acids is 1. The van der Waals surface area contributed by atoms with Gasteiger partial charge >= 0.3 is 0 Å². The van der Waals surface area contributed by atoms with Crippen LogP contribution in [0.4, 0.5) is 5.69 Å². The molecule has 0 aliphatic carbocycles. The van der Waals surface area contributed by atoms with E-state index in [0.717, 1.165) is 15.7 Å². The Hall–Kier alpha value is -2.07. The topological polar surface area (TPSA) is 29.5 Å². The van der Waals surface area contributed by atoms with Gasteiger partial charge in [0.2, 0.25) is 5.91 Å². The third-order valence-corrected chi connectivity index (χ3v) is 4.43. The first kappa shape index (κ1) is 17.3. The largest absolute Gasteiger partial charge is 0.496 e. The molecule has 0 spiro atoms. The Morgan fingerprint density at radius 3 is 2.57 bits per heavy atom. The summed E-state index contributed by atoms with van der Waals surface area (Å²) in [6.07, 6.45) is 2.32. The van der Waals surface area contributed by atoms with Crippen molar-refractivity contribution in [1.29, 1.82) is 0 Å². The van der Waals surface area contributed by atoms with E-state index >= 15 is 0 Å². The lowest BCUT2D eigenvalue weighted by atomic mass is 9.93. The van der Waals surface area contributed by atoms with E-state index in [9.17, 15) is 4.79 Å². The lowest BCUT2D eigenvalue weighted by molar-refractivity contribution is -0.119. The Morgan fingerprint density at radius 2 is 1.91 bits per heavy atom. The Bertz CT molecular complexity index is 699. The van der Waals surface area contributed by atoms with Gasteiger partial charge in [-0.1, -0.05) is 36.4 Å². The molecule has 0 fully saturated rings. The monoisotopic (exact) mass is 373 g/mol. The molecule has 0 aromatic heterocycles. The molecule has 1 unspecified atom stereocenters. The fourth-order valence-electron chi connectivity index (χ4n) is 2.56. The molecule has 0 radical (unpaired) electrons. The third-order valence-electron chi connectivity index (χ3n) is 3.76. The summed E-state index contributed by atoms with van der Waals surface area (Å²) < 4.78 is 6.30. The van der Waals surface area contributed by atoms with Crippen LogP contribution in [0.3, 0.4) is 0 Å². The van der Waals surface area contributed by atoms with Gasteiger partial charge in [-0.2, -0.15) is 0 Å². The fourth-order valence-corrected chi connectivity index (χ4v) is 3.11. The summed E-state index contributed by atoms with van der Waals surface area (Å²) in [6.45, 7) is 3.79. The first-order chi connectivity index (χ1) is 11.1. The van der Waals surface area contributed by atoms with E-state index in [2.05, 4.69) is 22.5 Å². The van der Waals surface area contributed by atoms with Crippen LogP contribution < -0.4 is 9.64 Å². The van der Waals surface area contributed by atoms with Crippen LogP contribution in [0.25, 0.3) is 0 Å². The van der Waals surface area contributed by atoms with Crippen molar-refractivity contribution in [3.8, 4) is 5.75 Å². The second kappa shape index (κ2) is 7.97. The van der Waals surface area contributed by atoms with Crippen molar-refractivity contribution in [2.24, 2.45) is 0 Å². The highest BCUT2D eigenvalue weighted by molar-refractivity contribution is 9.10. The number of anilines is 1. The van der Waals surface area contributed by atoms with E-state index in [1.807, 2.05) is 48.5 Å². The minimum absolute atomic E-state index is 0.00120. The number of ether oxygens (including phenoxy) is 1. The molecule has 4 heteroatoms. The number of amides is 1. The first-order valence-corrected chi connectivity index (χ1v) is 8.15. The van der Waals surface area contributed by atoms with Gasteiger partial charge in [-0.15, -0.1) is 6.58 Å². The zero-order valence-corrected chi connectivity index (χ0v) is 14.9. The van der Waals surface area contributed by atoms with E-state index in [4.69, 9.17) is 4.74 Å². The number of benzene rings is 2. The van der Waals surface area contributed by atoms with Gasteiger partial charge in [0.25, 0.3) is 0 Å². The number of halogens is 1. The van der Waals surface area contributed by atoms with E-state index < -0.39 is 0 Å². The van der Waals surface area contributed by atoms with Crippen LogP contribution in [0, 0.1) is 0 Å². The third kappa shape index (κ3) is 3.82. The number of nitrogens with zero attached hydrogens (tertiary/aromatic N) is 1. The van der Waals surface area contributed by atoms with Gasteiger partial charge in [0.1, 0.15) is 5.75 Å². The Labute approximate surface area is 145 Å². The maximum absolute atomic E-state index is 13.1. The molecule has 0 bridgehead atoms. The van der Waals surface area contributed by atoms with Gasteiger partial charge in [-0.3, -0.25) is 4.79 Å². The molecule has 1 atom stereocenters. The lowest BCUT2D eigenvalue weighted by Gasteiger charge is -2.25. The van der Waals surface area contributed by atoms with Crippen molar-refractivity contribution in [1.82, 2.24) is 0 Å². The van der Waals surface area contributed by atoms with Crippen molar-refractivity contribution in [3.05, 3.63) is 71.2 Å². The summed E-state index contributed by atoms with van der Waals surface area (Å²) in [5, 5.41) is 0. The quantitative estimate of drug-likeness (QED) is 0.681. The van der Waals surface area contributed by atoms with Crippen molar-refractivity contribution < 1.29 is 9.53 Å². The SMILES string of the molecule is C=CCC(C(=O)N(C)c1ccccc1Br)c1ccccc1OC. The van der Waals surface area contributed by atoms with Gasteiger partial charge in [-0.25, -0.2) is 0 Å². The summed E-state index contributed by atoms with van der Waals surface area (Å²) in [5.74, 6) is 0.385. The van der Waals surface area contributed by atoms with E-state index in [1.54, 1.807) is 25.1 Å². The minimum Gasteiger partial charge on any atom is -0.496 e. The molecular formula is C19H20BrNO2. The smallest absolute Gasteiger partial charge is 0.234 e. The average Bonchev–Trinajstić information content (AvgIpc) is 2.59. The van der Waals surface area contributed by atoms with Crippen molar-refractivity contribution in [2.75, 3.05) is 19.1 Å². The molecule has 120 valence electrons. The minimum atomic E-state index is -0.333. The van der Waals surface area contributed by atoms with Crippen molar-refractivity contribution in [3.63, 3.8) is 0 Å². The Morgan fingerprint density at radius 1 is 1.26 bits per heavy atom. The van der Waals surface area contributed by atoms with Gasteiger partial charge in [0.15, 0.2) is 0 Å². The van der Waals surface area contributed by atoms with Crippen LogP contribution in [0.15, 0.2) is 65.7 Å². The number of likely N-dealkylation sites (N-methyl/N-ethyl adjacent to an activating group) is 1. The predicted molar refractivity (Wildman–Crippen MR) is 98.1 cm³/mol. The maximum Gasteiger partial charge on any atom is 0.234 e. The second-order valence-corrected chi connectivity index (χ2v) is 6.02. The molecule has 3 nitrogen and oxygen atoms in total. The maximum atomic E-state index is 13.1. The molecule has 0 heterocycles. The van der Waals surface area contributed by atoms with E-state index in [-0.39, 0.29) is 11.8 Å². The average molecular weight is 374 g/mol. The van der Waals surface area contributed by atoms with Gasteiger partial charge in [0, 0.05) is 17.1 Å². The molecule has 2 rings (SSSR count). The number of methoxy groups -OCH3 is 1. The number of para-hydroxylation sites is 2. The number of allylic oxidation sites excluding steroid dienone is 1. The van der Waals surface area contributed by atoms with Crippen LogP contribution in [-0.2, 0) is 4.79 Å². The molecule has 0 aliphatic rings. The van der Waals surface area contributed by atoms with Crippen LogP contribution in [0.5, 0.6) is 5.75 Å². The second-order valence-electron chi connectivity index (χ2n) is 5.17. The summed E-state index contributed by atoms with van der Waals surface area (Å²) in [7, 11) is 3.40. The van der Waals surface area contributed by atoms with E-state index in [0.29, 0.717) is 12.2 Å². The zero-order valence-electron chi connectivity index (χ0n) is 13.3. The molecule has 2 aromatic rings. The van der Waals surface area contributed by atoms with Gasteiger partial charge in [0.05, 0.1) is 18.7 Å². The van der Waals surface area contributed by atoms with Crippen molar-refractivity contribution >= 4 is 27.5 Å². The normalized spacial score (nSPS) is 11.6. The lowest BCUT2D eigenvalue weighted by Crippen LogP contribution is -2.32. The molecule has 0 N–H and O–H groups in total. The number of hydrogen-bond acceptors (Lipinski definition) is 2. The molecule has 0 saturated carbocycles.